The van der Waals surface area contributed by atoms with E-state index < -0.39 is 42.4 Å². The van der Waals surface area contributed by atoms with Gasteiger partial charge in [-0.3, -0.25) is 9.78 Å². The third kappa shape index (κ3) is 2.00. The zero-order chi connectivity index (χ0) is 12.6. The first kappa shape index (κ1) is 11.9. The SMILES string of the molecule is O=c1cnn([C@H]2O[C@@H](CO)[C@@H](O)[C@@H]2O)c(=O)[nH]1. The fourth-order valence-electron chi connectivity index (χ4n) is 1.63. The molecule has 9 nitrogen and oxygen atoms in total. The van der Waals surface area contributed by atoms with Gasteiger partial charge in [0.15, 0.2) is 6.23 Å². The van der Waals surface area contributed by atoms with Gasteiger partial charge in [-0.25, -0.2) is 4.79 Å². The number of rotatable bonds is 2. The molecule has 2 rings (SSSR count). The summed E-state index contributed by atoms with van der Waals surface area (Å²) in [4.78, 5) is 24.1. The number of ether oxygens (including phenoxy) is 1. The molecular weight excluding hydrogens is 234 g/mol. The Hall–Kier alpha value is -1.55. The molecule has 0 bridgehead atoms. The molecule has 9 heteroatoms. The first-order valence-electron chi connectivity index (χ1n) is 4.85. The summed E-state index contributed by atoms with van der Waals surface area (Å²) >= 11 is 0. The zero-order valence-electron chi connectivity index (χ0n) is 8.55. The van der Waals surface area contributed by atoms with Crippen LogP contribution in [0.1, 0.15) is 6.23 Å². The third-order valence-corrected chi connectivity index (χ3v) is 2.50. The lowest BCUT2D eigenvalue weighted by molar-refractivity contribution is -0.0618. The topological polar surface area (TPSA) is 138 Å². The van der Waals surface area contributed by atoms with Crippen molar-refractivity contribution >= 4 is 0 Å². The second-order valence-electron chi connectivity index (χ2n) is 3.61. The summed E-state index contributed by atoms with van der Waals surface area (Å²) in [7, 11) is 0. The lowest BCUT2D eigenvalue weighted by Crippen LogP contribution is -2.39. The van der Waals surface area contributed by atoms with Crippen molar-refractivity contribution in [2.75, 3.05) is 6.61 Å². The van der Waals surface area contributed by atoms with Crippen LogP contribution < -0.4 is 11.2 Å². The molecule has 0 amide bonds. The number of H-pyrrole nitrogens is 1. The van der Waals surface area contributed by atoms with Gasteiger partial charge in [0.05, 0.1) is 6.61 Å². The highest BCUT2D eigenvalue weighted by atomic mass is 16.6. The molecule has 1 aromatic rings. The van der Waals surface area contributed by atoms with E-state index in [1.807, 2.05) is 4.98 Å². The first-order chi connectivity index (χ1) is 8.04. The van der Waals surface area contributed by atoms with Crippen LogP contribution >= 0.6 is 0 Å². The summed E-state index contributed by atoms with van der Waals surface area (Å²) in [6.45, 7) is -0.507. The average Bonchev–Trinajstić information content (AvgIpc) is 2.57. The quantitative estimate of drug-likeness (QED) is 0.425. The molecule has 4 N–H and O–H groups in total. The predicted molar refractivity (Wildman–Crippen MR) is 52.1 cm³/mol. The summed E-state index contributed by atoms with van der Waals surface area (Å²) < 4.78 is 5.77. The van der Waals surface area contributed by atoms with E-state index in [9.17, 15) is 19.8 Å². The maximum Gasteiger partial charge on any atom is 0.347 e. The highest BCUT2D eigenvalue weighted by Crippen LogP contribution is 2.27. The molecule has 0 unspecified atom stereocenters. The summed E-state index contributed by atoms with van der Waals surface area (Å²) in [5.41, 5.74) is -1.55. The van der Waals surface area contributed by atoms with Crippen LogP contribution in [-0.4, -0.2) is 55.0 Å². The Bertz CT molecular complexity index is 510. The fourth-order valence-corrected chi connectivity index (χ4v) is 1.63. The van der Waals surface area contributed by atoms with Crippen LogP contribution in [0.25, 0.3) is 0 Å². The molecule has 17 heavy (non-hydrogen) atoms. The average molecular weight is 245 g/mol. The molecule has 1 saturated heterocycles. The highest BCUT2D eigenvalue weighted by molar-refractivity contribution is 4.88. The second kappa shape index (κ2) is 4.37. The van der Waals surface area contributed by atoms with Gasteiger partial charge in [-0.15, -0.1) is 0 Å². The number of aliphatic hydroxyl groups excluding tert-OH is 3. The van der Waals surface area contributed by atoms with Crippen molar-refractivity contribution in [3.8, 4) is 0 Å². The summed E-state index contributed by atoms with van der Waals surface area (Å²) in [5, 5.41) is 31.5. The van der Waals surface area contributed by atoms with E-state index >= 15 is 0 Å². The molecule has 94 valence electrons. The zero-order valence-corrected chi connectivity index (χ0v) is 8.55. The van der Waals surface area contributed by atoms with E-state index in [2.05, 4.69) is 5.10 Å². The minimum absolute atomic E-state index is 0.507. The van der Waals surface area contributed by atoms with E-state index in [-0.39, 0.29) is 0 Å². The third-order valence-electron chi connectivity index (χ3n) is 2.50. The van der Waals surface area contributed by atoms with Crippen molar-refractivity contribution < 1.29 is 20.1 Å². The predicted octanol–water partition coefficient (Wildman–Crippen LogP) is -3.46. The molecule has 0 aliphatic carbocycles. The molecule has 0 aromatic carbocycles. The lowest BCUT2D eigenvalue weighted by Gasteiger charge is -2.14. The van der Waals surface area contributed by atoms with Gasteiger partial charge >= 0.3 is 5.69 Å². The number of nitrogens with one attached hydrogen (secondary N) is 1. The van der Waals surface area contributed by atoms with Gasteiger partial charge in [0.1, 0.15) is 24.5 Å². The van der Waals surface area contributed by atoms with Gasteiger partial charge < -0.3 is 20.1 Å². The van der Waals surface area contributed by atoms with Gasteiger partial charge in [-0.2, -0.15) is 9.78 Å². The van der Waals surface area contributed by atoms with Crippen molar-refractivity contribution in [2.24, 2.45) is 0 Å². The monoisotopic (exact) mass is 245 g/mol. The van der Waals surface area contributed by atoms with Crippen molar-refractivity contribution in [3.05, 3.63) is 27.0 Å². The first-order valence-corrected chi connectivity index (χ1v) is 4.85. The molecule has 1 aromatic heterocycles. The van der Waals surface area contributed by atoms with Crippen LogP contribution in [0.3, 0.4) is 0 Å². The number of aromatic amines is 1. The van der Waals surface area contributed by atoms with E-state index in [0.717, 1.165) is 6.20 Å². The molecule has 2 heterocycles. The number of aromatic nitrogens is 3. The molecular formula is C8H11N3O6. The normalized spacial score (nSPS) is 32.9. The van der Waals surface area contributed by atoms with Gasteiger partial charge in [0.2, 0.25) is 0 Å². The molecule has 1 aliphatic heterocycles. The summed E-state index contributed by atoms with van der Waals surface area (Å²) in [5.74, 6) is 0. The molecule has 1 fully saturated rings. The van der Waals surface area contributed by atoms with Crippen LogP contribution in [0, 0.1) is 0 Å². The summed E-state index contributed by atoms with van der Waals surface area (Å²) in [6.07, 6.45) is -4.15. The van der Waals surface area contributed by atoms with Crippen LogP contribution in [0.5, 0.6) is 0 Å². The van der Waals surface area contributed by atoms with Crippen LogP contribution in [0.2, 0.25) is 0 Å². The molecule has 1 aliphatic rings. The van der Waals surface area contributed by atoms with Gasteiger partial charge in [0.25, 0.3) is 5.56 Å². The Kier molecular flexibility index (Phi) is 3.07. The molecule has 0 radical (unpaired) electrons. The van der Waals surface area contributed by atoms with Gasteiger partial charge in [0, 0.05) is 0 Å². The van der Waals surface area contributed by atoms with E-state index in [0.29, 0.717) is 4.68 Å². The van der Waals surface area contributed by atoms with Crippen LogP contribution in [-0.2, 0) is 4.74 Å². The van der Waals surface area contributed by atoms with Crippen LogP contribution in [0.4, 0.5) is 0 Å². The minimum atomic E-state index is -1.41. The summed E-state index contributed by atoms with van der Waals surface area (Å²) in [6, 6.07) is 0. The number of aliphatic hydroxyl groups is 3. The van der Waals surface area contributed by atoms with E-state index in [4.69, 9.17) is 9.84 Å². The largest absolute Gasteiger partial charge is 0.394 e. The standard InChI is InChI=1S/C8H11N3O6/c12-2-3-5(14)6(15)7(17-3)11-8(16)10-4(13)1-9-11/h1,3,5-7,12,14-15H,2H2,(H,10,13,16)/t3-,5+,6-,7-/m0/s1. The maximum absolute atomic E-state index is 11.4. The Balaban J connectivity index is 2.35. The Labute approximate surface area is 93.9 Å². The van der Waals surface area contributed by atoms with Crippen molar-refractivity contribution in [2.45, 2.75) is 24.5 Å². The van der Waals surface area contributed by atoms with Crippen molar-refractivity contribution in [3.63, 3.8) is 0 Å². The lowest BCUT2D eigenvalue weighted by atomic mass is 10.1. The number of hydrogen-bond donors (Lipinski definition) is 4. The van der Waals surface area contributed by atoms with E-state index in [1.54, 1.807) is 0 Å². The number of nitrogens with zero attached hydrogens (tertiary/aromatic N) is 2. The Morgan fingerprint density at radius 2 is 2.12 bits per heavy atom. The van der Waals surface area contributed by atoms with Crippen molar-refractivity contribution in [1.29, 1.82) is 0 Å². The Morgan fingerprint density at radius 3 is 2.65 bits per heavy atom. The van der Waals surface area contributed by atoms with Gasteiger partial charge in [-0.05, 0) is 0 Å². The van der Waals surface area contributed by atoms with Gasteiger partial charge in [-0.1, -0.05) is 0 Å². The Morgan fingerprint density at radius 1 is 1.41 bits per heavy atom. The highest BCUT2D eigenvalue weighted by Gasteiger charge is 2.44. The molecule has 0 spiro atoms. The maximum atomic E-state index is 11.4. The number of hydrogen-bond acceptors (Lipinski definition) is 7. The molecule has 4 atom stereocenters. The van der Waals surface area contributed by atoms with E-state index in [1.165, 1.54) is 0 Å². The van der Waals surface area contributed by atoms with Crippen molar-refractivity contribution in [1.82, 2.24) is 14.8 Å². The molecule has 0 saturated carbocycles. The smallest absolute Gasteiger partial charge is 0.347 e. The second-order valence-corrected chi connectivity index (χ2v) is 3.61. The minimum Gasteiger partial charge on any atom is -0.394 e. The van der Waals surface area contributed by atoms with Crippen LogP contribution in [0.15, 0.2) is 15.8 Å². The fraction of sp³-hybridized carbons (Fsp3) is 0.625.